The summed E-state index contributed by atoms with van der Waals surface area (Å²) in [5.74, 6) is 1.36. The SMILES string of the molecule is COc1ccc(COCC[C@@H]2O[C@@H](CO)C[C@H]2C)cc1. The van der Waals surface area contributed by atoms with Crippen molar-refractivity contribution in [2.45, 2.75) is 38.6 Å². The Morgan fingerprint density at radius 1 is 1.30 bits per heavy atom. The smallest absolute Gasteiger partial charge is 0.118 e. The van der Waals surface area contributed by atoms with Gasteiger partial charge in [0.15, 0.2) is 0 Å². The molecule has 4 heteroatoms. The summed E-state index contributed by atoms with van der Waals surface area (Å²) in [6.45, 7) is 3.57. The number of aliphatic hydroxyl groups excluding tert-OH is 1. The highest BCUT2D eigenvalue weighted by Crippen LogP contribution is 2.28. The number of methoxy groups -OCH3 is 1. The molecule has 1 N–H and O–H groups in total. The molecule has 0 unspecified atom stereocenters. The van der Waals surface area contributed by atoms with Crippen LogP contribution < -0.4 is 4.74 Å². The summed E-state index contributed by atoms with van der Waals surface area (Å²) in [6.07, 6.45) is 2.05. The van der Waals surface area contributed by atoms with Crippen LogP contribution in [0.15, 0.2) is 24.3 Å². The van der Waals surface area contributed by atoms with Gasteiger partial charge in [-0.25, -0.2) is 0 Å². The van der Waals surface area contributed by atoms with E-state index in [-0.39, 0.29) is 18.8 Å². The summed E-state index contributed by atoms with van der Waals surface area (Å²) < 4.78 is 16.6. The first kappa shape index (κ1) is 15.3. The third-order valence-electron chi connectivity index (χ3n) is 3.81. The van der Waals surface area contributed by atoms with E-state index >= 15 is 0 Å². The molecule has 1 heterocycles. The molecular formula is C16H24O4. The molecule has 2 rings (SSSR count). The van der Waals surface area contributed by atoms with Gasteiger partial charge in [-0.15, -0.1) is 0 Å². The Bertz CT molecular complexity index is 390. The molecule has 0 saturated carbocycles. The number of benzene rings is 1. The molecule has 4 nitrogen and oxygen atoms in total. The van der Waals surface area contributed by atoms with Crippen LogP contribution in [0, 0.1) is 5.92 Å². The van der Waals surface area contributed by atoms with E-state index in [2.05, 4.69) is 6.92 Å². The van der Waals surface area contributed by atoms with Crippen molar-refractivity contribution in [1.82, 2.24) is 0 Å². The van der Waals surface area contributed by atoms with Crippen LogP contribution in [0.1, 0.15) is 25.3 Å². The van der Waals surface area contributed by atoms with E-state index < -0.39 is 0 Å². The van der Waals surface area contributed by atoms with Crippen LogP contribution in [0.3, 0.4) is 0 Å². The van der Waals surface area contributed by atoms with Gasteiger partial charge < -0.3 is 19.3 Å². The van der Waals surface area contributed by atoms with Gasteiger partial charge >= 0.3 is 0 Å². The second kappa shape index (κ2) is 7.62. The third kappa shape index (κ3) is 4.20. The molecule has 0 aromatic heterocycles. The van der Waals surface area contributed by atoms with Gasteiger partial charge in [-0.05, 0) is 36.5 Å². The lowest BCUT2D eigenvalue weighted by atomic mass is 10.00. The highest BCUT2D eigenvalue weighted by atomic mass is 16.5. The fourth-order valence-electron chi connectivity index (χ4n) is 2.58. The molecule has 112 valence electrons. The molecule has 0 amide bonds. The van der Waals surface area contributed by atoms with Crippen molar-refractivity contribution in [2.24, 2.45) is 5.92 Å². The minimum atomic E-state index is 0.0107. The van der Waals surface area contributed by atoms with Crippen molar-refractivity contribution in [3.05, 3.63) is 29.8 Å². The monoisotopic (exact) mass is 280 g/mol. The molecule has 1 aliphatic rings. The standard InChI is InChI=1S/C16H24O4/c1-12-9-15(10-17)20-16(12)7-8-19-11-13-3-5-14(18-2)6-4-13/h3-6,12,15-17H,7-11H2,1-2H3/t12-,15-,16+/m1/s1. The normalized spacial score (nSPS) is 25.9. The quantitative estimate of drug-likeness (QED) is 0.779. The zero-order chi connectivity index (χ0) is 14.4. The first-order chi connectivity index (χ1) is 9.72. The average Bonchev–Trinajstić information content (AvgIpc) is 2.85. The summed E-state index contributed by atoms with van der Waals surface area (Å²) in [4.78, 5) is 0. The summed E-state index contributed by atoms with van der Waals surface area (Å²) in [6, 6.07) is 7.89. The van der Waals surface area contributed by atoms with E-state index in [1.807, 2.05) is 24.3 Å². The van der Waals surface area contributed by atoms with Crippen molar-refractivity contribution in [3.8, 4) is 5.75 Å². The number of aliphatic hydroxyl groups is 1. The van der Waals surface area contributed by atoms with Gasteiger partial charge in [0, 0.05) is 6.61 Å². The molecule has 1 fully saturated rings. The first-order valence-electron chi connectivity index (χ1n) is 7.20. The Morgan fingerprint density at radius 3 is 2.65 bits per heavy atom. The number of ether oxygens (including phenoxy) is 3. The summed E-state index contributed by atoms with van der Waals surface area (Å²) >= 11 is 0. The molecule has 0 radical (unpaired) electrons. The minimum Gasteiger partial charge on any atom is -0.497 e. The van der Waals surface area contributed by atoms with E-state index in [1.54, 1.807) is 7.11 Å². The van der Waals surface area contributed by atoms with E-state index in [4.69, 9.17) is 19.3 Å². The number of hydrogen-bond donors (Lipinski definition) is 1. The van der Waals surface area contributed by atoms with Crippen molar-refractivity contribution >= 4 is 0 Å². The predicted octanol–water partition coefficient (Wildman–Crippen LogP) is 2.39. The van der Waals surface area contributed by atoms with E-state index in [0.29, 0.717) is 19.1 Å². The number of rotatable bonds is 7. The Balaban J connectivity index is 1.66. The highest BCUT2D eigenvalue weighted by molar-refractivity contribution is 5.26. The zero-order valence-corrected chi connectivity index (χ0v) is 12.2. The van der Waals surface area contributed by atoms with Gasteiger partial charge in [-0.1, -0.05) is 19.1 Å². The van der Waals surface area contributed by atoms with Gasteiger partial charge in [0.1, 0.15) is 5.75 Å². The third-order valence-corrected chi connectivity index (χ3v) is 3.81. The lowest BCUT2D eigenvalue weighted by molar-refractivity contribution is -0.0128. The average molecular weight is 280 g/mol. The molecule has 1 saturated heterocycles. The zero-order valence-electron chi connectivity index (χ0n) is 12.2. The van der Waals surface area contributed by atoms with Gasteiger partial charge in [-0.2, -0.15) is 0 Å². The minimum absolute atomic E-state index is 0.0107. The summed E-state index contributed by atoms with van der Waals surface area (Å²) in [7, 11) is 1.66. The fourth-order valence-corrected chi connectivity index (χ4v) is 2.58. The van der Waals surface area contributed by atoms with Crippen molar-refractivity contribution in [3.63, 3.8) is 0 Å². The molecule has 1 aromatic carbocycles. The van der Waals surface area contributed by atoms with E-state index in [0.717, 1.165) is 24.2 Å². The van der Waals surface area contributed by atoms with Crippen LogP contribution in [-0.4, -0.2) is 37.6 Å². The second-order valence-electron chi connectivity index (χ2n) is 5.38. The predicted molar refractivity (Wildman–Crippen MR) is 76.8 cm³/mol. The van der Waals surface area contributed by atoms with Crippen LogP contribution in [-0.2, 0) is 16.1 Å². The second-order valence-corrected chi connectivity index (χ2v) is 5.38. The Hall–Kier alpha value is -1.10. The topological polar surface area (TPSA) is 47.9 Å². The first-order valence-corrected chi connectivity index (χ1v) is 7.20. The largest absolute Gasteiger partial charge is 0.497 e. The molecule has 0 spiro atoms. The lowest BCUT2D eigenvalue weighted by Gasteiger charge is -2.15. The van der Waals surface area contributed by atoms with Crippen molar-refractivity contribution in [1.29, 1.82) is 0 Å². The molecule has 0 bridgehead atoms. The van der Waals surface area contributed by atoms with Crippen molar-refractivity contribution in [2.75, 3.05) is 20.3 Å². The summed E-state index contributed by atoms with van der Waals surface area (Å²) in [5, 5.41) is 9.10. The Morgan fingerprint density at radius 2 is 2.05 bits per heavy atom. The van der Waals surface area contributed by atoms with Crippen LogP contribution >= 0.6 is 0 Å². The van der Waals surface area contributed by atoms with Gasteiger partial charge in [0.25, 0.3) is 0 Å². The van der Waals surface area contributed by atoms with Crippen molar-refractivity contribution < 1.29 is 19.3 Å². The van der Waals surface area contributed by atoms with Crippen LogP contribution in [0.4, 0.5) is 0 Å². The van der Waals surface area contributed by atoms with Crippen LogP contribution in [0.2, 0.25) is 0 Å². The summed E-state index contributed by atoms with van der Waals surface area (Å²) in [5.41, 5.74) is 1.14. The fraction of sp³-hybridized carbons (Fsp3) is 0.625. The maximum Gasteiger partial charge on any atom is 0.118 e. The lowest BCUT2D eigenvalue weighted by Crippen LogP contribution is -2.18. The molecule has 1 aromatic rings. The highest BCUT2D eigenvalue weighted by Gasteiger charge is 2.31. The molecule has 1 aliphatic heterocycles. The Labute approximate surface area is 120 Å². The van der Waals surface area contributed by atoms with Gasteiger partial charge in [-0.3, -0.25) is 0 Å². The molecular weight excluding hydrogens is 256 g/mol. The Kier molecular flexibility index (Phi) is 5.83. The molecule has 20 heavy (non-hydrogen) atoms. The molecule has 3 atom stereocenters. The maximum absolute atomic E-state index is 9.10. The van der Waals surface area contributed by atoms with Gasteiger partial charge in [0.05, 0.1) is 32.5 Å². The van der Waals surface area contributed by atoms with E-state index in [1.165, 1.54) is 0 Å². The number of hydrogen-bond acceptors (Lipinski definition) is 4. The van der Waals surface area contributed by atoms with Crippen LogP contribution in [0.5, 0.6) is 5.75 Å². The maximum atomic E-state index is 9.10. The molecule has 0 aliphatic carbocycles. The van der Waals surface area contributed by atoms with Gasteiger partial charge in [0.2, 0.25) is 0 Å². The van der Waals surface area contributed by atoms with Crippen LogP contribution in [0.25, 0.3) is 0 Å². The van der Waals surface area contributed by atoms with E-state index in [9.17, 15) is 0 Å².